The van der Waals surface area contributed by atoms with Crippen LogP contribution in [-0.4, -0.2) is 16.7 Å². The molecule has 0 saturated carbocycles. The van der Waals surface area contributed by atoms with E-state index < -0.39 is 0 Å². The predicted molar refractivity (Wildman–Crippen MR) is 81.3 cm³/mol. The number of fused-ring (bicyclic) bond motifs is 1. The van der Waals surface area contributed by atoms with Gasteiger partial charge in [-0.05, 0) is 49.6 Å². The van der Waals surface area contributed by atoms with Gasteiger partial charge in [0, 0.05) is 0 Å². The Kier molecular flexibility index (Phi) is 3.13. The van der Waals surface area contributed by atoms with Crippen molar-refractivity contribution in [3.63, 3.8) is 0 Å². The highest BCUT2D eigenvalue weighted by atomic mass is 16.2. The van der Waals surface area contributed by atoms with Crippen LogP contribution in [0.2, 0.25) is 0 Å². The number of carbonyl (C=O) groups excluding carboxylic acids is 2. The average molecular weight is 279 g/mol. The molecule has 0 radical (unpaired) electrons. The van der Waals surface area contributed by atoms with E-state index in [0.717, 1.165) is 11.1 Å². The first-order valence-corrected chi connectivity index (χ1v) is 7.05. The molecule has 1 aliphatic heterocycles. The van der Waals surface area contributed by atoms with E-state index in [0.29, 0.717) is 11.1 Å². The highest BCUT2D eigenvalue weighted by molar-refractivity contribution is 6.21. The SMILES string of the molecule is Cc1ccc(C(C)N2C(=O)c3ccccc3C2=O)cc1C. The minimum absolute atomic E-state index is 0.207. The van der Waals surface area contributed by atoms with Crippen LogP contribution >= 0.6 is 0 Å². The van der Waals surface area contributed by atoms with Gasteiger partial charge in [0.15, 0.2) is 0 Å². The Balaban J connectivity index is 2.00. The minimum Gasteiger partial charge on any atom is -0.269 e. The number of imide groups is 1. The summed E-state index contributed by atoms with van der Waals surface area (Å²) in [6, 6.07) is 12.8. The van der Waals surface area contributed by atoms with Crippen LogP contribution in [0.25, 0.3) is 0 Å². The Bertz CT molecular complexity index is 714. The zero-order valence-electron chi connectivity index (χ0n) is 12.4. The molecule has 2 aromatic rings. The predicted octanol–water partition coefficient (Wildman–Crippen LogP) is 3.66. The Morgan fingerprint density at radius 2 is 1.43 bits per heavy atom. The molecule has 0 spiro atoms. The third kappa shape index (κ3) is 2.05. The van der Waals surface area contributed by atoms with Crippen molar-refractivity contribution in [3.05, 3.63) is 70.3 Å². The molecule has 0 bridgehead atoms. The molecule has 3 nitrogen and oxygen atoms in total. The molecule has 21 heavy (non-hydrogen) atoms. The van der Waals surface area contributed by atoms with Crippen molar-refractivity contribution >= 4 is 11.8 Å². The number of carbonyl (C=O) groups is 2. The second-order valence-electron chi connectivity index (χ2n) is 5.55. The fourth-order valence-corrected chi connectivity index (χ4v) is 2.73. The first-order valence-electron chi connectivity index (χ1n) is 7.05. The summed E-state index contributed by atoms with van der Waals surface area (Å²) in [5.74, 6) is -0.414. The van der Waals surface area contributed by atoms with Gasteiger partial charge in [0.2, 0.25) is 0 Å². The summed E-state index contributed by atoms with van der Waals surface area (Å²) in [5.41, 5.74) is 4.34. The lowest BCUT2D eigenvalue weighted by atomic mass is 10.0. The lowest BCUT2D eigenvalue weighted by molar-refractivity contribution is 0.0595. The lowest BCUT2D eigenvalue weighted by Gasteiger charge is -2.23. The van der Waals surface area contributed by atoms with Crippen LogP contribution in [-0.2, 0) is 0 Å². The standard InChI is InChI=1S/C18H17NO2/c1-11-8-9-14(10-12(11)2)13(3)19-17(20)15-6-4-5-7-16(15)18(19)21/h4-10,13H,1-3H3. The molecule has 3 heteroatoms. The largest absolute Gasteiger partial charge is 0.269 e. The van der Waals surface area contributed by atoms with Gasteiger partial charge < -0.3 is 0 Å². The Labute approximate surface area is 124 Å². The second kappa shape index (κ2) is 4.85. The zero-order valence-corrected chi connectivity index (χ0v) is 12.4. The molecule has 1 aliphatic rings. The number of amides is 2. The van der Waals surface area contributed by atoms with Crippen LogP contribution < -0.4 is 0 Å². The molecule has 1 unspecified atom stereocenters. The molecule has 0 N–H and O–H groups in total. The average Bonchev–Trinajstić information content (AvgIpc) is 2.74. The normalized spacial score (nSPS) is 15.3. The molecule has 2 amide bonds. The molecule has 2 aromatic carbocycles. The van der Waals surface area contributed by atoms with Gasteiger partial charge in [-0.1, -0.05) is 30.3 Å². The van der Waals surface area contributed by atoms with Gasteiger partial charge in [-0.3, -0.25) is 14.5 Å². The summed E-state index contributed by atoms with van der Waals surface area (Å²) >= 11 is 0. The van der Waals surface area contributed by atoms with Crippen LogP contribution in [0.15, 0.2) is 42.5 Å². The quantitative estimate of drug-likeness (QED) is 0.787. The number of benzene rings is 2. The number of nitrogens with zero attached hydrogens (tertiary/aromatic N) is 1. The van der Waals surface area contributed by atoms with Crippen molar-refractivity contribution in [3.8, 4) is 0 Å². The van der Waals surface area contributed by atoms with Crippen LogP contribution in [0, 0.1) is 13.8 Å². The molecule has 1 heterocycles. The minimum atomic E-state index is -0.267. The third-order valence-corrected chi connectivity index (χ3v) is 4.23. The molecular weight excluding hydrogens is 262 g/mol. The molecule has 0 aromatic heterocycles. The summed E-state index contributed by atoms with van der Waals surface area (Å²) in [5, 5.41) is 0. The van der Waals surface area contributed by atoms with Crippen LogP contribution in [0.1, 0.15) is 50.4 Å². The van der Waals surface area contributed by atoms with Crippen molar-refractivity contribution in [2.24, 2.45) is 0 Å². The van der Waals surface area contributed by atoms with Crippen LogP contribution in [0.4, 0.5) is 0 Å². The van der Waals surface area contributed by atoms with Gasteiger partial charge in [-0.2, -0.15) is 0 Å². The van der Waals surface area contributed by atoms with Gasteiger partial charge >= 0.3 is 0 Å². The molecule has 0 saturated heterocycles. The molecular formula is C18H17NO2. The summed E-state index contributed by atoms with van der Waals surface area (Å²) in [6.45, 7) is 5.98. The first kappa shape index (κ1) is 13.6. The summed E-state index contributed by atoms with van der Waals surface area (Å²) in [4.78, 5) is 26.3. The van der Waals surface area contributed by atoms with Crippen molar-refractivity contribution in [1.29, 1.82) is 0 Å². The highest BCUT2D eigenvalue weighted by Gasteiger charge is 2.38. The third-order valence-electron chi connectivity index (χ3n) is 4.23. The topological polar surface area (TPSA) is 37.4 Å². The maximum Gasteiger partial charge on any atom is 0.262 e. The monoisotopic (exact) mass is 279 g/mol. The van der Waals surface area contributed by atoms with Gasteiger partial charge in [-0.25, -0.2) is 0 Å². The molecule has 1 atom stereocenters. The molecule has 0 fully saturated rings. The first-order chi connectivity index (χ1) is 10.0. The zero-order chi connectivity index (χ0) is 15.1. The Morgan fingerprint density at radius 1 is 0.857 bits per heavy atom. The number of hydrogen-bond acceptors (Lipinski definition) is 2. The summed E-state index contributed by atoms with van der Waals surface area (Å²) < 4.78 is 0. The van der Waals surface area contributed by atoms with E-state index in [1.54, 1.807) is 24.3 Å². The van der Waals surface area contributed by atoms with E-state index in [9.17, 15) is 9.59 Å². The van der Waals surface area contributed by atoms with E-state index in [1.807, 2.05) is 39.0 Å². The van der Waals surface area contributed by atoms with Crippen molar-refractivity contribution in [1.82, 2.24) is 4.90 Å². The van der Waals surface area contributed by atoms with E-state index in [2.05, 4.69) is 0 Å². The van der Waals surface area contributed by atoms with E-state index in [1.165, 1.54) is 10.5 Å². The van der Waals surface area contributed by atoms with E-state index >= 15 is 0 Å². The van der Waals surface area contributed by atoms with Gasteiger partial charge in [0.25, 0.3) is 11.8 Å². The number of aryl methyl sites for hydroxylation is 2. The fourth-order valence-electron chi connectivity index (χ4n) is 2.73. The van der Waals surface area contributed by atoms with Crippen molar-refractivity contribution < 1.29 is 9.59 Å². The van der Waals surface area contributed by atoms with Crippen molar-refractivity contribution in [2.75, 3.05) is 0 Å². The van der Waals surface area contributed by atoms with Gasteiger partial charge in [0.05, 0.1) is 17.2 Å². The van der Waals surface area contributed by atoms with Crippen LogP contribution in [0.3, 0.4) is 0 Å². The maximum atomic E-state index is 12.5. The Hall–Kier alpha value is -2.42. The molecule has 0 aliphatic carbocycles. The van der Waals surface area contributed by atoms with E-state index in [4.69, 9.17) is 0 Å². The van der Waals surface area contributed by atoms with Gasteiger partial charge in [0.1, 0.15) is 0 Å². The van der Waals surface area contributed by atoms with Gasteiger partial charge in [-0.15, -0.1) is 0 Å². The van der Waals surface area contributed by atoms with Crippen LogP contribution in [0.5, 0.6) is 0 Å². The highest BCUT2D eigenvalue weighted by Crippen LogP contribution is 2.31. The summed E-state index contributed by atoms with van der Waals surface area (Å²) in [6.07, 6.45) is 0. The fraction of sp³-hybridized carbons (Fsp3) is 0.222. The lowest BCUT2D eigenvalue weighted by Crippen LogP contribution is -2.32. The van der Waals surface area contributed by atoms with E-state index in [-0.39, 0.29) is 17.9 Å². The number of rotatable bonds is 2. The Morgan fingerprint density at radius 3 is 1.95 bits per heavy atom. The number of hydrogen-bond donors (Lipinski definition) is 0. The summed E-state index contributed by atoms with van der Waals surface area (Å²) in [7, 11) is 0. The second-order valence-corrected chi connectivity index (χ2v) is 5.55. The smallest absolute Gasteiger partial charge is 0.262 e. The molecule has 3 rings (SSSR count). The van der Waals surface area contributed by atoms with Crippen molar-refractivity contribution in [2.45, 2.75) is 26.8 Å². The molecule has 106 valence electrons. The maximum absolute atomic E-state index is 12.5.